The van der Waals surface area contributed by atoms with Gasteiger partial charge in [-0.2, -0.15) is 0 Å². The van der Waals surface area contributed by atoms with E-state index in [1.165, 1.54) is 18.1 Å². The van der Waals surface area contributed by atoms with Gasteiger partial charge >= 0.3 is 5.97 Å². The van der Waals surface area contributed by atoms with E-state index in [0.29, 0.717) is 16.9 Å². The van der Waals surface area contributed by atoms with Gasteiger partial charge in [-0.05, 0) is 24.1 Å². The summed E-state index contributed by atoms with van der Waals surface area (Å²) in [6.07, 6.45) is 1.53. The van der Waals surface area contributed by atoms with E-state index >= 15 is 0 Å². The first kappa shape index (κ1) is 15.3. The van der Waals surface area contributed by atoms with Gasteiger partial charge in [0.05, 0.1) is 18.3 Å². The number of hydrogen-bond acceptors (Lipinski definition) is 4. The number of esters is 1. The molecule has 22 heavy (non-hydrogen) atoms. The molecular formula is C15H14N4O3. The molecule has 1 aromatic carbocycles. The van der Waals surface area contributed by atoms with E-state index in [9.17, 15) is 9.59 Å². The SMILES string of the molecule is COC(=O)C1=C(C)N(C)C(=O)/C1=C\c1ccccc1N=[N+]=[N-]. The van der Waals surface area contributed by atoms with Gasteiger partial charge in [0.25, 0.3) is 5.91 Å². The number of hydrogen-bond donors (Lipinski definition) is 0. The van der Waals surface area contributed by atoms with Gasteiger partial charge in [0.15, 0.2) is 0 Å². The van der Waals surface area contributed by atoms with Crippen molar-refractivity contribution in [2.24, 2.45) is 5.11 Å². The summed E-state index contributed by atoms with van der Waals surface area (Å²) in [4.78, 5) is 28.4. The molecule has 112 valence electrons. The third-order valence-electron chi connectivity index (χ3n) is 3.45. The Morgan fingerprint density at radius 2 is 2.09 bits per heavy atom. The van der Waals surface area contributed by atoms with Crippen molar-refractivity contribution < 1.29 is 14.3 Å². The molecule has 1 aliphatic rings. The topological polar surface area (TPSA) is 95.4 Å². The second kappa shape index (κ2) is 6.15. The van der Waals surface area contributed by atoms with Gasteiger partial charge in [0, 0.05) is 23.3 Å². The molecule has 0 aromatic heterocycles. The molecule has 7 nitrogen and oxygen atoms in total. The first-order valence-corrected chi connectivity index (χ1v) is 6.44. The van der Waals surface area contributed by atoms with Crippen LogP contribution in [0.25, 0.3) is 16.5 Å². The summed E-state index contributed by atoms with van der Waals surface area (Å²) < 4.78 is 4.75. The lowest BCUT2D eigenvalue weighted by molar-refractivity contribution is -0.136. The zero-order valence-electron chi connectivity index (χ0n) is 12.4. The zero-order valence-corrected chi connectivity index (χ0v) is 12.4. The summed E-state index contributed by atoms with van der Waals surface area (Å²) >= 11 is 0. The molecule has 1 aliphatic heterocycles. The Labute approximate surface area is 127 Å². The van der Waals surface area contributed by atoms with Gasteiger partial charge in [-0.3, -0.25) is 4.79 Å². The highest BCUT2D eigenvalue weighted by molar-refractivity contribution is 6.16. The third-order valence-corrected chi connectivity index (χ3v) is 3.45. The number of nitrogens with zero attached hydrogens (tertiary/aromatic N) is 4. The Balaban J connectivity index is 2.62. The molecule has 0 aliphatic carbocycles. The second-order valence-corrected chi connectivity index (χ2v) is 4.62. The highest BCUT2D eigenvalue weighted by Crippen LogP contribution is 2.32. The second-order valence-electron chi connectivity index (χ2n) is 4.62. The molecular weight excluding hydrogens is 284 g/mol. The quantitative estimate of drug-likeness (QED) is 0.282. The highest BCUT2D eigenvalue weighted by Gasteiger charge is 2.34. The molecule has 2 rings (SSSR count). The summed E-state index contributed by atoms with van der Waals surface area (Å²) in [5, 5.41) is 3.58. The number of likely N-dealkylation sites (N-methyl/N-ethyl adjacent to an activating group) is 1. The van der Waals surface area contributed by atoms with Crippen molar-refractivity contribution in [2.75, 3.05) is 14.2 Å². The van der Waals surface area contributed by atoms with Crippen LogP contribution < -0.4 is 0 Å². The van der Waals surface area contributed by atoms with Gasteiger partial charge in [-0.15, -0.1) is 0 Å². The Kier molecular flexibility index (Phi) is 4.29. The predicted molar refractivity (Wildman–Crippen MR) is 80.7 cm³/mol. The molecule has 0 fully saturated rings. The maximum Gasteiger partial charge on any atom is 0.340 e. The molecule has 0 saturated heterocycles. The largest absolute Gasteiger partial charge is 0.465 e. The monoisotopic (exact) mass is 298 g/mol. The van der Waals surface area contributed by atoms with E-state index in [4.69, 9.17) is 10.3 Å². The molecule has 0 radical (unpaired) electrons. The summed E-state index contributed by atoms with van der Waals surface area (Å²) in [6.45, 7) is 1.67. The smallest absolute Gasteiger partial charge is 0.340 e. The maximum absolute atomic E-state index is 12.3. The number of methoxy groups -OCH3 is 1. The van der Waals surface area contributed by atoms with Crippen LogP contribution in [0.1, 0.15) is 12.5 Å². The van der Waals surface area contributed by atoms with Crippen LogP contribution in [0.15, 0.2) is 46.2 Å². The van der Waals surface area contributed by atoms with Crippen LogP contribution in [-0.2, 0) is 14.3 Å². The minimum absolute atomic E-state index is 0.214. The first-order valence-electron chi connectivity index (χ1n) is 6.44. The Morgan fingerprint density at radius 1 is 1.41 bits per heavy atom. The lowest BCUT2D eigenvalue weighted by Crippen LogP contribution is -2.19. The average molecular weight is 298 g/mol. The van der Waals surface area contributed by atoms with Crippen molar-refractivity contribution in [3.05, 3.63) is 57.1 Å². The van der Waals surface area contributed by atoms with Gasteiger partial charge in [0.1, 0.15) is 0 Å². The van der Waals surface area contributed by atoms with Crippen LogP contribution in [0.5, 0.6) is 0 Å². The minimum atomic E-state index is -0.581. The summed E-state index contributed by atoms with van der Waals surface area (Å²) in [7, 11) is 2.84. The van der Waals surface area contributed by atoms with Gasteiger partial charge in [-0.1, -0.05) is 29.4 Å². The van der Waals surface area contributed by atoms with Crippen LogP contribution in [0.3, 0.4) is 0 Å². The van der Waals surface area contributed by atoms with Crippen molar-refractivity contribution in [3.63, 3.8) is 0 Å². The van der Waals surface area contributed by atoms with Crippen LogP contribution in [0, 0.1) is 0 Å². The lowest BCUT2D eigenvalue weighted by atomic mass is 10.0. The van der Waals surface area contributed by atoms with Crippen LogP contribution in [0.2, 0.25) is 0 Å². The molecule has 1 heterocycles. The molecule has 0 N–H and O–H groups in total. The number of ether oxygens (including phenoxy) is 1. The predicted octanol–water partition coefficient (Wildman–Crippen LogP) is 2.93. The Hall–Kier alpha value is -3.05. The number of carbonyl (C=O) groups is 2. The maximum atomic E-state index is 12.3. The van der Waals surface area contributed by atoms with E-state index in [1.807, 2.05) is 0 Å². The molecule has 0 unspecified atom stereocenters. The molecule has 7 heteroatoms. The third kappa shape index (κ3) is 2.57. The van der Waals surface area contributed by atoms with Gasteiger partial charge < -0.3 is 9.64 Å². The van der Waals surface area contributed by atoms with E-state index < -0.39 is 5.97 Å². The number of azide groups is 1. The van der Waals surface area contributed by atoms with Crippen molar-refractivity contribution >= 4 is 23.6 Å². The van der Waals surface area contributed by atoms with E-state index in [2.05, 4.69) is 10.0 Å². The molecule has 1 amide bonds. The number of benzene rings is 1. The standard InChI is InChI=1S/C15H14N4O3/c1-9-13(15(21)22-3)11(14(20)19(9)2)8-10-6-4-5-7-12(10)17-18-16/h4-8H,1-3H3/b11-8-. The summed E-state index contributed by atoms with van der Waals surface area (Å²) in [5.41, 5.74) is 10.5. The molecule has 0 saturated carbocycles. The summed E-state index contributed by atoms with van der Waals surface area (Å²) in [5.74, 6) is -0.892. The van der Waals surface area contributed by atoms with Gasteiger partial charge in [-0.25, -0.2) is 4.79 Å². The fourth-order valence-electron chi connectivity index (χ4n) is 2.20. The lowest BCUT2D eigenvalue weighted by Gasteiger charge is -2.08. The normalized spacial score (nSPS) is 16.0. The molecule has 1 aromatic rings. The van der Waals surface area contributed by atoms with Crippen LogP contribution >= 0.6 is 0 Å². The Morgan fingerprint density at radius 3 is 2.73 bits per heavy atom. The highest BCUT2D eigenvalue weighted by atomic mass is 16.5. The Bertz CT molecular complexity index is 758. The number of amides is 1. The zero-order chi connectivity index (χ0) is 16.3. The van der Waals surface area contributed by atoms with Crippen molar-refractivity contribution in [1.29, 1.82) is 0 Å². The average Bonchev–Trinajstić information content (AvgIpc) is 2.73. The van der Waals surface area contributed by atoms with Crippen LogP contribution in [0.4, 0.5) is 5.69 Å². The van der Waals surface area contributed by atoms with Crippen molar-refractivity contribution in [2.45, 2.75) is 6.92 Å². The molecule has 0 bridgehead atoms. The van der Waals surface area contributed by atoms with E-state index in [1.54, 1.807) is 38.2 Å². The van der Waals surface area contributed by atoms with E-state index in [-0.39, 0.29) is 17.1 Å². The summed E-state index contributed by atoms with van der Waals surface area (Å²) in [6, 6.07) is 6.80. The van der Waals surface area contributed by atoms with Crippen molar-refractivity contribution in [1.82, 2.24) is 4.90 Å². The fraction of sp³-hybridized carbons (Fsp3) is 0.200. The van der Waals surface area contributed by atoms with E-state index in [0.717, 1.165) is 0 Å². The number of carbonyl (C=O) groups excluding carboxylic acids is 2. The minimum Gasteiger partial charge on any atom is -0.465 e. The molecule has 0 atom stereocenters. The van der Waals surface area contributed by atoms with Crippen molar-refractivity contribution in [3.8, 4) is 0 Å². The van der Waals surface area contributed by atoms with Gasteiger partial charge in [0.2, 0.25) is 0 Å². The molecule has 0 spiro atoms. The number of rotatable bonds is 3. The van der Waals surface area contributed by atoms with Crippen LogP contribution in [-0.4, -0.2) is 30.9 Å². The fourth-order valence-corrected chi connectivity index (χ4v) is 2.20. The first-order chi connectivity index (χ1) is 10.5. The number of allylic oxidation sites excluding steroid dienone is 1.